The minimum Gasteiger partial charge on any atom is -0.497 e. The highest BCUT2D eigenvalue weighted by atomic mass is 16.5. The number of rotatable bonds is 9. The molecule has 0 radical (unpaired) electrons. The van der Waals surface area contributed by atoms with Crippen molar-refractivity contribution in [2.24, 2.45) is 0 Å². The third kappa shape index (κ3) is 5.70. The summed E-state index contributed by atoms with van der Waals surface area (Å²) >= 11 is 0. The topological polar surface area (TPSA) is 95.1 Å². The van der Waals surface area contributed by atoms with E-state index in [2.05, 4.69) is 10.6 Å². The minimum atomic E-state index is -0.557. The van der Waals surface area contributed by atoms with E-state index in [1.54, 1.807) is 45.6 Å². The van der Waals surface area contributed by atoms with Gasteiger partial charge in [-0.15, -0.1) is 0 Å². The molecule has 0 spiro atoms. The van der Waals surface area contributed by atoms with E-state index in [9.17, 15) is 9.59 Å². The van der Waals surface area contributed by atoms with Crippen LogP contribution in [0.4, 0.5) is 5.69 Å². The van der Waals surface area contributed by atoms with E-state index >= 15 is 0 Å². The van der Waals surface area contributed by atoms with Crippen LogP contribution in [0.25, 0.3) is 0 Å². The Labute approximate surface area is 246 Å². The highest BCUT2D eigenvalue weighted by Crippen LogP contribution is 2.47. The number of hydrogen-bond donors (Lipinski definition) is 2. The third-order valence-electron chi connectivity index (χ3n) is 7.80. The Morgan fingerprint density at radius 3 is 2.33 bits per heavy atom. The van der Waals surface area contributed by atoms with Crippen molar-refractivity contribution < 1.29 is 28.5 Å². The average Bonchev–Trinajstić information content (AvgIpc) is 3.00. The number of amides is 1. The lowest BCUT2D eigenvalue weighted by Crippen LogP contribution is -2.37. The molecule has 2 unspecified atom stereocenters. The van der Waals surface area contributed by atoms with E-state index in [1.165, 1.54) is 0 Å². The summed E-state index contributed by atoms with van der Waals surface area (Å²) < 4.78 is 22.0. The van der Waals surface area contributed by atoms with Crippen LogP contribution in [0.5, 0.6) is 23.0 Å². The number of Topliss-reactive ketones (excluding diaryl/α,β-unsaturated/α-hetero) is 1. The summed E-state index contributed by atoms with van der Waals surface area (Å²) in [6.45, 7) is 4.32. The van der Waals surface area contributed by atoms with Crippen LogP contribution in [0.2, 0.25) is 0 Å². The van der Waals surface area contributed by atoms with Gasteiger partial charge in [0.1, 0.15) is 11.5 Å². The molecule has 1 aliphatic carbocycles. The number of benzene rings is 3. The maximum atomic E-state index is 14.0. The number of ketones is 1. The SMILES string of the molecule is CCOc1cccc(C2C(C(=O)Nc3ccc(OC)cc3)=C(C)NC3=C2C(=O)CC(c2ccc(OC)c(OC)c2)C3)c1. The summed E-state index contributed by atoms with van der Waals surface area (Å²) in [5.74, 6) is 1.75. The van der Waals surface area contributed by atoms with Crippen LogP contribution in [0.1, 0.15) is 49.7 Å². The molecule has 1 aliphatic heterocycles. The first-order valence-corrected chi connectivity index (χ1v) is 14.0. The summed E-state index contributed by atoms with van der Waals surface area (Å²) in [5, 5.41) is 6.46. The molecule has 1 amide bonds. The predicted octanol–water partition coefficient (Wildman–Crippen LogP) is 6.11. The first-order chi connectivity index (χ1) is 20.4. The van der Waals surface area contributed by atoms with Gasteiger partial charge in [0.25, 0.3) is 5.91 Å². The molecule has 5 rings (SSSR count). The van der Waals surface area contributed by atoms with Gasteiger partial charge in [-0.1, -0.05) is 18.2 Å². The van der Waals surface area contributed by atoms with Crippen LogP contribution in [-0.4, -0.2) is 39.6 Å². The van der Waals surface area contributed by atoms with Gasteiger partial charge in [0.15, 0.2) is 17.3 Å². The molecule has 2 aliphatic rings. The second kappa shape index (κ2) is 12.4. The van der Waals surface area contributed by atoms with E-state index in [-0.39, 0.29) is 17.6 Å². The molecule has 1 heterocycles. The fourth-order valence-electron chi connectivity index (χ4n) is 5.84. The standard InChI is InChI=1S/C34H36N2O6/c1-6-42-26-9-7-8-22(16-26)32-31(34(38)36-24-11-13-25(39-3)14-12-24)20(2)35-27-17-23(18-28(37)33(27)32)21-10-15-29(40-4)30(19-21)41-5/h7-16,19,23,32,35H,6,17-18H2,1-5H3,(H,36,38). The number of carbonyl (C=O) groups excluding carboxylic acids is 2. The number of anilines is 1. The first kappa shape index (κ1) is 28.8. The maximum Gasteiger partial charge on any atom is 0.254 e. The second-order valence-corrected chi connectivity index (χ2v) is 10.3. The molecule has 0 saturated carbocycles. The Kier molecular flexibility index (Phi) is 8.52. The molecular weight excluding hydrogens is 532 g/mol. The van der Waals surface area contributed by atoms with Crippen LogP contribution in [-0.2, 0) is 9.59 Å². The van der Waals surface area contributed by atoms with Gasteiger partial charge in [-0.2, -0.15) is 0 Å². The van der Waals surface area contributed by atoms with Crippen molar-refractivity contribution in [1.82, 2.24) is 5.32 Å². The smallest absolute Gasteiger partial charge is 0.254 e. The summed E-state index contributed by atoms with van der Waals surface area (Å²) in [4.78, 5) is 27.9. The summed E-state index contributed by atoms with van der Waals surface area (Å²) in [5.41, 5.74) is 5.10. The average molecular weight is 569 g/mol. The monoisotopic (exact) mass is 568 g/mol. The molecule has 0 aromatic heterocycles. The van der Waals surface area contributed by atoms with Gasteiger partial charge in [-0.3, -0.25) is 9.59 Å². The quantitative estimate of drug-likeness (QED) is 0.322. The lowest BCUT2D eigenvalue weighted by atomic mass is 9.71. The van der Waals surface area contributed by atoms with Crippen LogP contribution in [0.3, 0.4) is 0 Å². The van der Waals surface area contributed by atoms with Gasteiger partial charge in [0, 0.05) is 40.6 Å². The highest BCUT2D eigenvalue weighted by molar-refractivity contribution is 6.10. The van der Waals surface area contributed by atoms with Crippen LogP contribution >= 0.6 is 0 Å². The molecule has 2 N–H and O–H groups in total. The van der Waals surface area contributed by atoms with Gasteiger partial charge in [0.2, 0.25) is 0 Å². The van der Waals surface area contributed by atoms with Crippen LogP contribution < -0.4 is 29.6 Å². The number of allylic oxidation sites excluding steroid dienone is 3. The van der Waals surface area contributed by atoms with Crippen molar-refractivity contribution in [3.8, 4) is 23.0 Å². The molecular formula is C34H36N2O6. The first-order valence-electron chi connectivity index (χ1n) is 14.0. The van der Waals surface area contributed by atoms with E-state index in [0.29, 0.717) is 65.0 Å². The summed E-state index contributed by atoms with van der Waals surface area (Å²) in [6, 6.07) is 20.6. The Hall–Kier alpha value is -4.72. The fourth-order valence-corrected chi connectivity index (χ4v) is 5.84. The largest absolute Gasteiger partial charge is 0.497 e. The molecule has 0 fully saturated rings. The van der Waals surface area contributed by atoms with Crippen molar-refractivity contribution in [1.29, 1.82) is 0 Å². The van der Waals surface area contributed by atoms with Crippen molar-refractivity contribution in [3.05, 3.63) is 100 Å². The summed E-state index contributed by atoms with van der Waals surface area (Å²) in [7, 11) is 4.80. The van der Waals surface area contributed by atoms with Gasteiger partial charge in [-0.05, 0) is 85.8 Å². The van der Waals surface area contributed by atoms with Gasteiger partial charge < -0.3 is 29.6 Å². The fraction of sp³-hybridized carbons (Fsp3) is 0.294. The van der Waals surface area contributed by atoms with Crippen LogP contribution in [0.15, 0.2) is 89.3 Å². The molecule has 8 nitrogen and oxygen atoms in total. The second-order valence-electron chi connectivity index (χ2n) is 10.3. The van der Waals surface area contributed by atoms with Crippen LogP contribution in [0, 0.1) is 0 Å². The molecule has 0 bridgehead atoms. The number of methoxy groups -OCH3 is 3. The Morgan fingerprint density at radius 2 is 1.64 bits per heavy atom. The van der Waals surface area contributed by atoms with E-state index in [0.717, 1.165) is 16.8 Å². The lowest BCUT2D eigenvalue weighted by molar-refractivity contribution is -0.116. The van der Waals surface area contributed by atoms with E-state index in [4.69, 9.17) is 18.9 Å². The molecule has 218 valence electrons. The van der Waals surface area contributed by atoms with Crippen molar-refractivity contribution in [2.75, 3.05) is 33.3 Å². The molecule has 42 heavy (non-hydrogen) atoms. The van der Waals surface area contributed by atoms with E-state index < -0.39 is 5.92 Å². The molecule has 2 atom stereocenters. The maximum absolute atomic E-state index is 14.0. The zero-order chi connectivity index (χ0) is 29.8. The van der Waals surface area contributed by atoms with Crippen molar-refractivity contribution in [3.63, 3.8) is 0 Å². The zero-order valence-electron chi connectivity index (χ0n) is 24.6. The normalized spacial score (nSPS) is 18.2. The van der Waals surface area contributed by atoms with Gasteiger partial charge >= 0.3 is 0 Å². The molecule has 3 aromatic carbocycles. The molecule has 3 aromatic rings. The Morgan fingerprint density at radius 1 is 0.881 bits per heavy atom. The number of nitrogens with one attached hydrogen (secondary N) is 2. The number of carbonyl (C=O) groups is 2. The predicted molar refractivity (Wildman–Crippen MR) is 161 cm³/mol. The number of ether oxygens (including phenoxy) is 4. The Bertz CT molecular complexity index is 1560. The van der Waals surface area contributed by atoms with E-state index in [1.807, 2.05) is 56.3 Å². The number of hydrogen-bond acceptors (Lipinski definition) is 7. The zero-order valence-corrected chi connectivity index (χ0v) is 24.6. The Balaban J connectivity index is 1.54. The molecule has 8 heteroatoms. The van der Waals surface area contributed by atoms with Gasteiger partial charge in [-0.25, -0.2) is 0 Å². The van der Waals surface area contributed by atoms with Crippen molar-refractivity contribution in [2.45, 2.75) is 38.5 Å². The minimum absolute atomic E-state index is 0.00223. The highest BCUT2D eigenvalue weighted by Gasteiger charge is 2.41. The van der Waals surface area contributed by atoms with Gasteiger partial charge in [0.05, 0.1) is 27.9 Å². The van der Waals surface area contributed by atoms with Crippen molar-refractivity contribution >= 4 is 17.4 Å². The number of dihydropyridines is 1. The third-order valence-corrected chi connectivity index (χ3v) is 7.80. The lowest BCUT2D eigenvalue weighted by Gasteiger charge is -2.37. The molecule has 0 saturated heterocycles. The summed E-state index contributed by atoms with van der Waals surface area (Å²) in [6.07, 6.45) is 0.924.